The maximum atomic E-state index is 10.9. The number of nitrogens with one attached hydrogen (secondary N) is 1. The Kier molecular flexibility index (Phi) is 2.98. The van der Waals surface area contributed by atoms with Crippen molar-refractivity contribution >= 4 is 5.97 Å². The molecule has 4 heteroatoms. The summed E-state index contributed by atoms with van der Waals surface area (Å²) in [6, 6.07) is 0. The lowest BCUT2D eigenvalue weighted by Crippen LogP contribution is -2.61. The van der Waals surface area contributed by atoms with Gasteiger partial charge in [-0.3, -0.25) is 4.79 Å². The first-order valence-corrected chi connectivity index (χ1v) is 5.79. The van der Waals surface area contributed by atoms with Crippen LogP contribution in [0.3, 0.4) is 0 Å². The van der Waals surface area contributed by atoms with Crippen molar-refractivity contribution in [2.45, 2.75) is 31.2 Å². The molecule has 2 saturated heterocycles. The zero-order valence-corrected chi connectivity index (χ0v) is 9.33. The average Bonchev–Trinajstić information content (AvgIpc) is 2.23. The fourth-order valence-electron chi connectivity index (χ4n) is 3.19. The summed E-state index contributed by atoms with van der Waals surface area (Å²) in [7, 11) is 1.91. The first kappa shape index (κ1) is 10.9. The molecular weight excluding hydrogens is 192 g/mol. The van der Waals surface area contributed by atoms with Gasteiger partial charge in [0, 0.05) is 12.1 Å². The van der Waals surface area contributed by atoms with E-state index >= 15 is 0 Å². The van der Waals surface area contributed by atoms with Crippen molar-refractivity contribution in [1.82, 2.24) is 10.2 Å². The molecule has 3 unspecified atom stereocenters. The smallest absolute Gasteiger partial charge is 0.305 e. The van der Waals surface area contributed by atoms with Crippen LogP contribution in [0.15, 0.2) is 0 Å². The van der Waals surface area contributed by atoms with Crippen LogP contribution in [-0.2, 0) is 4.79 Å². The Hall–Kier alpha value is -0.610. The third kappa shape index (κ3) is 2.01. The fraction of sp³-hybridized carbons (Fsp3) is 0.909. The number of nitrogens with zero attached hydrogens (tertiary/aromatic N) is 1. The van der Waals surface area contributed by atoms with Crippen molar-refractivity contribution in [3.05, 3.63) is 0 Å². The number of carbonyl (C=O) groups is 1. The second-order valence-electron chi connectivity index (χ2n) is 4.87. The van der Waals surface area contributed by atoms with Gasteiger partial charge in [0.1, 0.15) is 0 Å². The first-order valence-electron chi connectivity index (χ1n) is 5.79. The van der Waals surface area contributed by atoms with Crippen LogP contribution in [0.1, 0.15) is 25.7 Å². The van der Waals surface area contributed by atoms with Gasteiger partial charge >= 0.3 is 5.97 Å². The molecular formula is C11H20N2O2. The Balaban J connectivity index is 2.13. The minimum atomic E-state index is -0.677. The van der Waals surface area contributed by atoms with Crippen molar-refractivity contribution in [2.24, 2.45) is 5.92 Å². The Morgan fingerprint density at radius 1 is 1.60 bits per heavy atom. The van der Waals surface area contributed by atoms with Gasteiger partial charge < -0.3 is 15.3 Å². The summed E-state index contributed by atoms with van der Waals surface area (Å²) in [5.41, 5.74) is -0.150. The van der Waals surface area contributed by atoms with E-state index in [1.165, 1.54) is 19.4 Å². The number of fused-ring (bicyclic) bond motifs is 2. The Labute approximate surface area is 90.6 Å². The van der Waals surface area contributed by atoms with Gasteiger partial charge in [-0.1, -0.05) is 0 Å². The lowest BCUT2D eigenvalue weighted by atomic mass is 9.71. The maximum Gasteiger partial charge on any atom is 0.305 e. The van der Waals surface area contributed by atoms with Gasteiger partial charge in [-0.05, 0) is 45.3 Å². The van der Waals surface area contributed by atoms with Crippen LogP contribution in [0.25, 0.3) is 0 Å². The predicted octanol–water partition coefficient (Wildman–Crippen LogP) is 0.535. The highest BCUT2D eigenvalue weighted by molar-refractivity contribution is 5.68. The molecule has 0 spiro atoms. The number of carboxylic acids is 1. The number of carboxylic acid groups (broad SMARTS) is 1. The normalized spacial score (nSPS) is 40.1. The highest BCUT2D eigenvalue weighted by Gasteiger charge is 2.44. The van der Waals surface area contributed by atoms with Crippen LogP contribution in [0.4, 0.5) is 0 Å². The van der Waals surface area contributed by atoms with E-state index in [1.807, 2.05) is 7.05 Å². The molecule has 0 aromatic heterocycles. The Morgan fingerprint density at radius 2 is 2.40 bits per heavy atom. The molecule has 0 amide bonds. The summed E-state index contributed by atoms with van der Waals surface area (Å²) >= 11 is 0. The van der Waals surface area contributed by atoms with E-state index < -0.39 is 5.97 Å². The van der Waals surface area contributed by atoms with E-state index in [2.05, 4.69) is 10.2 Å². The largest absolute Gasteiger partial charge is 0.481 e. The van der Waals surface area contributed by atoms with Gasteiger partial charge in [0.15, 0.2) is 0 Å². The van der Waals surface area contributed by atoms with E-state index in [-0.39, 0.29) is 12.0 Å². The van der Waals surface area contributed by atoms with Gasteiger partial charge in [0.25, 0.3) is 0 Å². The van der Waals surface area contributed by atoms with Gasteiger partial charge in [0.05, 0.1) is 6.42 Å². The highest BCUT2D eigenvalue weighted by atomic mass is 16.4. The molecule has 15 heavy (non-hydrogen) atoms. The second-order valence-corrected chi connectivity index (χ2v) is 4.87. The van der Waals surface area contributed by atoms with Crippen molar-refractivity contribution in [3.8, 4) is 0 Å². The minimum absolute atomic E-state index is 0.150. The molecule has 0 aliphatic carbocycles. The van der Waals surface area contributed by atoms with Crippen LogP contribution in [0.2, 0.25) is 0 Å². The van der Waals surface area contributed by atoms with E-state index in [9.17, 15) is 4.79 Å². The van der Waals surface area contributed by atoms with E-state index in [0.717, 1.165) is 19.5 Å². The van der Waals surface area contributed by atoms with Crippen LogP contribution in [0.5, 0.6) is 0 Å². The monoisotopic (exact) mass is 212 g/mol. The third-order valence-electron chi connectivity index (χ3n) is 4.13. The molecule has 2 rings (SSSR count). The number of hydrogen-bond acceptors (Lipinski definition) is 3. The molecule has 0 saturated carbocycles. The number of piperidine rings is 2. The summed E-state index contributed by atoms with van der Waals surface area (Å²) in [6.07, 6.45) is 3.63. The van der Waals surface area contributed by atoms with Gasteiger partial charge in [0.2, 0.25) is 0 Å². The third-order valence-corrected chi connectivity index (χ3v) is 4.13. The van der Waals surface area contributed by atoms with Crippen LogP contribution >= 0.6 is 0 Å². The summed E-state index contributed by atoms with van der Waals surface area (Å²) in [4.78, 5) is 13.4. The zero-order valence-electron chi connectivity index (χ0n) is 9.33. The summed E-state index contributed by atoms with van der Waals surface area (Å²) in [6.45, 7) is 3.32. The van der Waals surface area contributed by atoms with Gasteiger partial charge in [-0.2, -0.15) is 0 Å². The van der Waals surface area contributed by atoms with E-state index in [0.29, 0.717) is 5.92 Å². The predicted molar refractivity (Wildman–Crippen MR) is 57.8 cm³/mol. The van der Waals surface area contributed by atoms with Crippen LogP contribution in [-0.4, -0.2) is 48.2 Å². The fourth-order valence-corrected chi connectivity index (χ4v) is 3.19. The maximum absolute atomic E-state index is 10.9. The SMILES string of the molecule is CNC1(CC(=O)O)CCN2CCCC1C2. The molecule has 0 aromatic carbocycles. The van der Waals surface area contributed by atoms with Crippen molar-refractivity contribution in [2.75, 3.05) is 26.7 Å². The van der Waals surface area contributed by atoms with Gasteiger partial charge in [-0.25, -0.2) is 0 Å². The van der Waals surface area contributed by atoms with E-state index in [4.69, 9.17) is 5.11 Å². The lowest BCUT2D eigenvalue weighted by molar-refractivity contribution is -0.140. The Morgan fingerprint density at radius 3 is 3.07 bits per heavy atom. The average molecular weight is 212 g/mol. The summed E-state index contributed by atoms with van der Waals surface area (Å²) < 4.78 is 0. The standard InChI is InChI=1S/C11H20N2O2/c1-12-11(7-10(14)15)4-6-13-5-2-3-9(11)8-13/h9,12H,2-8H2,1H3,(H,14,15). The molecule has 3 atom stereocenters. The van der Waals surface area contributed by atoms with Crippen LogP contribution in [0, 0.1) is 5.92 Å². The molecule has 2 aliphatic heterocycles. The van der Waals surface area contributed by atoms with Crippen molar-refractivity contribution < 1.29 is 9.90 Å². The summed E-state index contributed by atoms with van der Waals surface area (Å²) in [5.74, 6) is -0.163. The lowest BCUT2D eigenvalue weighted by Gasteiger charge is -2.50. The molecule has 0 aromatic rings. The molecule has 2 N–H and O–H groups in total. The molecule has 2 fully saturated rings. The first-order chi connectivity index (χ1) is 7.16. The van der Waals surface area contributed by atoms with Crippen molar-refractivity contribution in [1.29, 1.82) is 0 Å². The topological polar surface area (TPSA) is 52.6 Å². The number of hydrogen-bond donors (Lipinski definition) is 2. The number of aliphatic carboxylic acids is 1. The Bertz CT molecular complexity index is 257. The molecule has 2 aliphatic rings. The molecule has 2 heterocycles. The molecule has 86 valence electrons. The number of rotatable bonds is 3. The summed E-state index contributed by atoms with van der Waals surface area (Å²) in [5, 5.41) is 12.3. The van der Waals surface area contributed by atoms with E-state index in [1.54, 1.807) is 0 Å². The highest BCUT2D eigenvalue weighted by Crippen LogP contribution is 2.36. The molecule has 2 bridgehead atoms. The zero-order chi connectivity index (χ0) is 10.9. The van der Waals surface area contributed by atoms with Crippen LogP contribution < -0.4 is 5.32 Å². The van der Waals surface area contributed by atoms with Crippen molar-refractivity contribution in [3.63, 3.8) is 0 Å². The second kappa shape index (κ2) is 4.10. The molecule has 0 radical (unpaired) electrons. The quantitative estimate of drug-likeness (QED) is 0.716. The molecule has 4 nitrogen and oxygen atoms in total. The van der Waals surface area contributed by atoms with Gasteiger partial charge in [-0.15, -0.1) is 0 Å². The minimum Gasteiger partial charge on any atom is -0.481 e.